The van der Waals surface area contributed by atoms with E-state index in [1.807, 2.05) is 0 Å². The summed E-state index contributed by atoms with van der Waals surface area (Å²) in [6, 6.07) is 0. The van der Waals surface area contributed by atoms with Crippen LogP contribution in [0.3, 0.4) is 0 Å². The third-order valence-corrected chi connectivity index (χ3v) is 3.97. The van der Waals surface area contributed by atoms with Crippen LogP contribution < -0.4 is 5.73 Å². The first-order chi connectivity index (χ1) is 5.06. The van der Waals surface area contributed by atoms with E-state index in [0.29, 0.717) is 5.92 Å². The molecule has 0 atom stereocenters. The Balaban J connectivity index is 1.95. The zero-order valence-corrected chi connectivity index (χ0v) is 7.69. The van der Waals surface area contributed by atoms with E-state index in [2.05, 4.69) is 13.8 Å². The highest BCUT2D eigenvalue weighted by atomic mass is 14.8. The van der Waals surface area contributed by atoms with Crippen LogP contribution in [0.15, 0.2) is 0 Å². The molecule has 0 heterocycles. The van der Waals surface area contributed by atoms with Crippen LogP contribution in [0.1, 0.15) is 46.0 Å². The lowest BCUT2D eigenvalue weighted by Crippen LogP contribution is -2.63. The van der Waals surface area contributed by atoms with Crippen LogP contribution in [0.2, 0.25) is 0 Å². The normalized spacial score (nSPS) is 31.6. The molecule has 0 aliphatic heterocycles. The number of hydrogen-bond donors (Lipinski definition) is 1. The van der Waals surface area contributed by atoms with E-state index in [0.717, 1.165) is 5.41 Å². The van der Waals surface area contributed by atoms with Gasteiger partial charge in [-0.15, -0.1) is 0 Å². The van der Waals surface area contributed by atoms with E-state index in [9.17, 15) is 0 Å². The molecular formula is C10H19N. The molecule has 2 fully saturated rings. The second kappa shape index (κ2) is 2.01. The van der Waals surface area contributed by atoms with Gasteiger partial charge in [-0.2, -0.15) is 0 Å². The maximum atomic E-state index is 6.23. The fourth-order valence-electron chi connectivity index (χ4n) is 2.78. The van der Waals surface area contributed by atoms with Crippen molar-refractivity contribution in [1.82, 2.24) is 0 Å². The van der Waals surface area contributed by atoms with Crippen LogP contribution in [0.25, 0.3) is 0 Å². The van der Waals surface area contributed by atoms with Crippen LogP contribution >= 0.6 is 0 Å². The first kappa shape index (κ1) is 7.60. The molecule has 2 aliphatic carbocycles. The number of rotatable bonds is 1. The predicted octanol–water partition coefficient (Wildman–Crippen LogP) is 2.30. The molecule has 1 spiro atoms. The molecule has 0 aromatic rings. The molecule has 2 rings (SSSR count). The van der Waals surface area contributed by atoms with Crippen LogP contribution in [-0.4, -0.2) is 5.54 Å². The van der Waals surface area contributed by atoms with Crippen molar-refractivity contribution in [3.8, 4) is 0 Å². The average molecular weight is 153 g/mol. The molecule has 2 aliphatic rings. The lowest BCUT2D eigenvalue weighted by molar-refractivity contribution is -0.0637. The molecule has 2 N–H and O–H groups in total. The predicted molar refractivity (Wildman–Crippen MR) is 47.3 cm³/mol. The Morgan fingerprint density at radius 1 is 1.18 bits per heavy atom. The molecule has 1 nitrogen and oxygen atoms in total. The number of nitrogens with two attached hydrogens (primary N) is 1. The smallest absolute Gasteiger partial charge is 0.0188 e. The third-order valence-electron chi connectivity index (χ3n) is 3.97. The number of hydrogen-bond acceptors (Lipinski definition) is 1. The fraction of sp³-hybridized carbons (Fsp3) is 1.00. The van der Waals surface area contributed by atoms with Crippen molar-refractivity contribution in [2.45, 2.75) is 51.5 Å². The Bertz CT molecular complexity index is 160. The topological polar surface area (TPSA) is 26.0 Å². The van der Waals surface area contributed by atoms with Gasteiger partial charge in [-0.25, -0.2) is 0 Å². The van der Waals surface area contributed by atoms with Crippen molar-refractivity contribution in [2.24, 2.45) is 17.1 Å². The molecule has 64 valence electrons. The highest BCUT2D eigenvalue weighted by Crippen LogP contribution is 2.61. The average Bonchev–Trinajstić information content (AvgIpc) is 1.75. The van der Waals surface area contributed by atoms with Crippen molar-refractivity contribution in [3.63, 3.8) is 0 Å². The van der Waals surface area contributed by atoms with E-state index >= 15 is 0 Å². The Kier molecular flexibility index (Phi) is 1.39. The van der Waals surface area contributed by atoms with Crippen molar-refractivity contribution >= 4 is 0 Å². The van der Waals surface area contributed by atoms with Crippen LogP contribution in [0, 0.1) is 11.3 Å². The molecule has 1 heteroatoms. The lowest BCUT2D eigenvalue weighted by Gasteiger charge is -2.61. The molecular weight excluding hydrogens is 134 g/mol. The molecule has 11 heavy (non-hydrogen) atoms. The van der Waals surface area contributed by atoms with E-state index in [-0.39, 0.29) is 5.54 Å². The van der Waals surface area contributed by atoms with Gasteiger partial charge in [0.2, 0.25) is 0 Å². The van der Waals surface area contributed by atoms with Gasteiger partial charge in [0.1, 0.15) is 0 Å². The summed E-state index contributed by atoms with van der Waals surface area (Å²) in [4.78, 5) is 0. The summed E-state index contributed by atoms with van der Waals surface area (Å²) in [6.07, 6.45) is 6.97. The van der Waals surface area contributed by atoms with Crippen LogP contribution in [0.5, 0.6) is 0 Å². The summed E-state index contributed by atoms with van der Waals surface area (Å²) in [5.41, 5.74) is 7.17. The van der Waals surface area contributed by atoms with Gasteiger partial charge in [-0.1, -0.05) is 20.3 Å². The first-order valence-corrected chi connectivity index (χ1v) is 4.85. The molecule has 0 saturated heterocycles. The molecule has 0 radical (unpaired) electrons. The lowest BCUT2D eigenvalue weighted by atomic mass is 9.46. The van der Waals surface area contributed by atoms with Crippen LogP contribution in [-0.2, 0) is 0 Å². The third kappa shape index (κ3) is 0.936. The summed E-state index contributed by atoms with van der Waals surface area (Å²) >= 11 is 0. The van der Waals surface area contributed by atoms with Gasteiger partial charge in [-0.3, -0.25) is 0 Å². The van der Waals surface area contributed by atoms with E-state index in [4.69, 9.17) is 5.73 Å². The SMILES string of the molecule is CC(C)C1(N)CC2(CCC2)C1. The van der Waals surface area contributed by atoms with Crippen LogP contribution in [0.4, 0.5) is 0 Å². The van der Waals surface area contributed by atoms with Gasteiger partial charge in [-0.05, 0) is 37.0 Å². The molecule has 0 unspecified atom stereocenters. The highest BCUT2D eigenvalue weighted by Gasteiger charge is 2.55. The monoisotopic (exact) mass is 153 g/mol. The first-order valence-electron chi connectivity index (χ1n) is 4.85. The maximum absolute atomic E-state index is 6.23. The summed E-state index contributed by atoms with van der Waals surface area (Å²) in [7, 11) is 0. The van der Waals surface area contributed by atoms with E-state index in [1.165, 1.54) is 32.1 Å². The standard InChI is InChI=1S/C10H19N/c1-8(2)10(11)6-9(7-10)4-3-5-9/h8H,3-7,11H2,1-2H3. The van der Waals surface area contributed by atoms with Crippen molar-refractivity contribution in [2.75, 3.05) is 0 Å². The molecule has 2 saturated carbocycles. The second-order valence-corrected chi connectivity index (χ2v) is 5.09. The minimum atomic E-state index is 0.209. The van der Waals surface area contributed by atoms with Gasteiger partial charge < -0.3 is 5.73 Å². The highest BCUT2D eigenvalue weighted by molar-refractivity contribution is 5.11. The minimum absolute atomic E-state index is 0.209. The van der Waals surface area contributed by atoms with Crippen molar-refractivity contribution in [1.29, 1.82) is 0 Å². The molecule has 0 amide bonds. The quantitative estimate of drug-likeness (QED) is 0.614. The Morgan fingerprint density at radius 3 is 2.00 bits per heavy atom. The fourth-order valence-corrected chi connectivity index (χ4v) is 2.78. The molecule has 0 aromatic heterocycles. The second-order valence-electron chi connectivity index (χ2n) is 5.09. The van der Waals surface area contributed by atoms with E-state index in [1.54, 1.807) is 0 Å². The molecule has 0 bridgehead atoms. The largest absolute Gasteiger partial charge is 0.325 e. The zero-order chi connectivity index (χ0) is 8.11. The Hall–Kier alpha value is -0.0400. The van der Waals surface area contributed by atoms with E-state index < -0.39 is 0 Å². The van der Waals surface area contributed by atoms with Gasteiger partial charge in [0, 0.05) is 5.54 Å². The summed E-state index contributed by atoms with van der Waals surface area (Å²) < 4.78 is 0. The summed E-state index contributed by atoms with van der Waals surface area (Å²) in [6.45, 7) is 4.51. The molecule has 0 aromatic carbocycles. The van der Waals surface area contributed by atoms with Gasteiger partial charge in [0.15, 0.2) is 0 Å². The zero-order valence-electron chi connectivity index (χ0n) is 7.69. The Morgan fingerprint density at radius 2 is 1.73 bits per heavy atom. The minimum Gasteiger partial charge on any atom is -0.325 e. The summed E-state index contributed by atoms with van der Waals surface area (Å²) in [5.74, 6) is 0.675. The summed E-state index contributed by atoms with van der Waals surface area (Å²) in [5, 5.41) is 0. The van der Waals surface area contributed by atoms with Crippen molar-refractivity contribution < 1.29 is 0 Å². The Labute approximate surface area is 69.4 Å². The van der Waals surface area contributed by atoms with Gasteiger partial charge >= 0.3 is 0 Å². The van der Waals surface area contributed by atoms with Gasteiger partial charge in [0.05, 0.1) is 0 Å². The van der Waals surface area contributed by atoms with Crippen molar-refractivity contribution in [3.05, 3.63) is 0 Å². The van der Waals surface area contributed by atoms with Gasteiger partial charge in [0.25, 0.3) is 0 Å². The maximum Gasteiger partial charge on any atom is 0.0188 e.